The Balaban J connectivity index is 1.20. The topological polar surface area (TPSA) is 103 Å². The van der Waals surface area contributed by atoms with Gasteiger partial charge < -0.3 is 11.1 Å². The summed E-state index contributed by atoms with van der Waals surface area (Å²) in [5.74, 6) is 0.316. The van der Waals surface area contributed by atoms with Crippen molar-refractivity contribution in [2.45, 2.75) is 55.8 Å². The fourth-order valence-corrected chi connectivity index (χ4v) is 7.46. The number of nitrogens with two attached hydrogens (primary N) is 1. The number of thioether (sulfide) groups is 1. The minimum atomic E-state index is -0.769. The second-order valence-corrected chi connectivity index (χ2v) is 14.7. The molecular formula is C38H37Cl2N5O2S. The largest absolute Gasteiger partial charge is 0.368 e. The summed E-state index contributed by atoms with van der Waals surface area (Å²) in [6.07, 6.45) is 3.29. The molecule has 48 heavy (non-hydrogen) atoms. The number of nitrogens with zero attached hydrogens (tertiary/aromatic N) is 3. The maximum Gasteiger partial charge on any atom is 0.240 e. The van der Waals surface area contributed by atoms with Crippen LogP contribution in [0.4, 0.5) is 0 Å². The fourth-order valence-electron chi connectivity index (χ4n) is 6.37. The van der Waals surface area contributed by atoms with Gasteiger partial charge in [0, 0.05) is 42.0 Å². The van der Waals surface area contributed by atoms with Gasteiger partial charge >= 0.3 is 0 Å². The Labute approximate surface area is 295 Å². The second-order valence-electron chi connectivity index (χ2n) is 12.8. The average molecular weight is 699 g/mol. The summed E-state index contributed by atoms with van der Waals surface area (Å²) in [5.41, 5.74) is 11.1. The molecule has 2 heterocycles. The summed E-state index contributed by atoms with van der Waals surface area (Å²) in [4.78, 5) is 30.1. The molecular weight excluding hydrogens is 661 g/mol. The number of aromatic nitrogens is 3. The molecule has 0 spiro atoms. The van der Waals surface area contributed by atoms with Gasteiger partial charge in [0.25, 0.3) is 0 Å². The molecule has 2 amide bonds. The maximum absolute atomic E-state index is 13.2. The van der Waals surface area contributed by atoms with Crippen molar-refractivity contribution in [2.75, 3.05) is 0 Å². The number of carbonyl (C=O) groups excluding carboxylic acids is 2. The molecule has 6 rings (SSSR count). The molecule has 0 aliphatic heterocycles. The molecule has 1 saturated carbocycles. The van der Waals surface area contributed by atoms with E-state index < -0.39 is 11.9 Å². The third-order valence-corrected chi connectivity index (χ3v) is 11.1. The molecule has 5 aromatic rings. The van der Waals surface area contributed by atoms with Crippen LogP contribution >= 0.6 is 35.0 Å². The third-order valence-electron chi connectivity index (χ3n) is 9.37. The third kappa shape index (κ3) is 7.62. The molecule has 3 N–H and O–H groups in total. The van der Waals surface area contributed by atoms with Gasteiger partial charge in [0.05, 0.1) is 26.5 Å². The average Bonchev–Trinajstić information content (AvgIpc) is 3.52. The van der Waals surface area contributed by atoms with Crippen LogP contribution in [-0.2, 0) is 21.8 Å². The van der Waals surface area contributed by atoms with Crippen molar-refractivity contribution in [3.8, 4) is 16.9 Å². The first kappa shape index (κ1) is 33.8. The summed E-state index contributed by atoms with van der Waals surface area (Å²) in [6.45, 7) is 4.36. The Hall–Kier alpha value is -4.11. The Morgan fingerprint density at radius 1 is 0.958 bits per heavy atom. The van der Waals surface area contributed by atoms with Gasteiger partial charge in [-0.3, -0.25) is 9.59 Å². The van der Waals surface area contributed by atoms with E-state index in [1.807, 2.05) is 77.6 Å². The zero-order valence-corrected chi connectivity index (χ0v) is 29.1. The predicted molar refractivity (Wildman–Crippen MR) is 193 cm³/mol. The van der Waals surface area contributed by atoms with E-state index in [0.29, 0.717) is 22.9 Å². The Kier molecular flexibility index (Phi) is 10.2. The highest BCUT2D eigenvalue weighted by Crippen LogP contribution is 2.58. The van der Waals surface area contributed by atoms with Crippen molar-refractivity contribution >= 4 is 46.8 Å². The minimum absolute atomic E-state index is 0.0935. The van der Waals surface area contributed by atoms with Gasteiger partial charge in [-0.2, -0.15) is 5.10 Å². The molecule has 7 nitrogen and oxygen atoms in total. The number of hydrogen-bond acceptors (Lipinski definition) is 5. The summed E-state index contributed by atoms with van der Waals surface area (Å²) in [7, 11) is 0. The van der Waals surface area contributed by atoms with E-state index in [2.05, 4.69) is 43.4 Å². The first-order valence-corrected chi connectivity index (χ1v) is 17.6. The van der Waals surface area contributed by atoms with Crippen LogP contribution < -0.4 is 11.1 Å². The SMILES string of the molecule is CC1(C)[C@@H](CC(=O)N[C@@H](Cc2ccccc2)C(N)=O)C[C@@H]1c1cc(-c2ccc(SCc3ccccc3)nc2)nn1-c1ccc(Cl)c(Cl)c1. The van der Waals surface area contributed by atoms with Crippen molar-refractivity contribution in [1.29, 1.82) is 0 Å². The molecule has 246 valence electrons. The van der Waals surface area contributed by atoms with Crippen LogP contribution in [0, 0.1) is 11.3 Å². The molecule has 0 bridgehead atoms. The van der Waals surface area contributed by atoms with E-state index in [9.17, 15) is 9.59 Å². The van der Waals surface area contributed by atoms with Crippen LogP contribution in [0.3, 0.4) is 0 Å². The molecule has 0 radical (unpaired) electrons. The number of hydrogen-bond donors (Lipinski definition) is 2. The molecule has 2 aromatic heterocycles. The Morgan fingerprint density at radius 3 is 2.29 bits per heavy atom. The molecule has 1 aliphatic carbocycles. The molecule has 0 saturated heterocycles. The lowest BCUT2D eigenvalue weighted by molar-refractivity contribution is -0.130. The molecule has 1 fully saturated rings. The van der Waals surface area contributed by atoms with E-state index in [1.54, 1.807) is 17.8 Å². The van der Waals surface area contributed by atoms with Crippen LogP contribution in [0.15, 0.2) is 108 Å². The van der Waals surface area contributed by atoms with Crippen molar-refractivity contribution in [3.63, 3.8) is 0 Å². The van der Waals surface area contributed by atoms with Gasteiger partial charge in [0.1, 0.15) is 6.04 Å². The normalized spacial score (nSPS) is 17.3. The predicted octanol–water partition coefficient (Wildman–Crippen LogP) is 8.27. The second kappa shape index (κ2) is 14.6. The lowest BCUT2D eigenvalue weighted by atomic mass is 9.52. The number of benzene rings is 3. The van der Waals surface area contributed by atoms with Crippen LogP contribution in [0.5, 0.6) is 0 Å². The Bertz CT molecular complexity index is 1900. The van der Waals surface area contributed by atoms with Gasteiger partial charge in [-0.15, -0.1) is 11.8 Å². The summed E-state index contributed by atoms with van der Waals surface area (Å²) >= 11 is 14.4. The van der Waals surface area contributed by atoms with E-state index in [4.69, 9.17) is 39.0 Å². The highest BCUT2D eigenvalue weighted by molar-refractivity contribution is 7.98. The standard InChI is InChI=1S/C38H37Cl2N5O2S/c1-38(2)27(19-35(46)43-33(37(41)47)17-24-9-5-3-6-10-24)18-29(38)34-21-32(44-45(34)28-14-15-30(39)31(40)20-28)26-13-16-36(42-22-26)48-23-25-11-7-4-8-12-25/h3-16,20-22,27,29,33H,17-19,23H2,1-2H3,(H2,41,47)(H,43,46)/t27-,29-,33+/m1/s1. The van der Waals surface area contributed by atoms with E-state index in [1.165, 1.54) is 5.56 Å². The minimum Gasteiger partial charge on any atom is -0.368 e. The van der Waals surface area contributed by atoms with E-state index in [0.717, 1.165) is 45.4 Å². The molecule has 0 unspecified atom stereocenters. The summed E-state index contributed by atoms with van der Waals surface area (Å²) in [6, 6.07) is 30.8. The zero-order chi connectivity index (χ0) is 33.8. The quantitative estimate of drug-likeness (QED) is 0.128. The number of primary amides is 1. The van der Waals surface area contributed by atoms with Crippen molar-refractivity contribution in [3.05, 3.63) is 130 Å². The Morgan fingerprint density at radius 2 is 1.67 bits per heavy atom. The highest BCUT2D eigenvalue weighted by Gasteiger charge is 2.50. The van der Waals surface area contributed by atoms with Gasteiger partial charge in [0.15, 0.2) is 0 Å². The molecule has 3 atom stereocenters. The summed E-state index contributed by atoms with van der Waals surface area (Å²) < 4.78 is 1.93. The van der Waals surface area contributed by atoms with Crippen LogP contribution in [0.2, 0.25) is 10.0 Å². The van der Waals surface area contributed by atoms with Gasteiger partial charge in [-0.05, 0) is 65.3 Å². The number of rotatable bonds is 12. The number of carbonyl (C=O) groups is 2. The fraction of sp³-hybridized carbons (Fsp3) is 0.263. The first-order valence-electron chi connectivity index (χ1n) is 15.9. The number of nitrogens with one attached hydrogen (secondary N) is 1. The summed E-state index contributed by atoms with van der Waals surface area (Å²) in [5, 5.41) is 9.78. The maximum atomic E-state index is 13.2. The zero-order valence-electron chi connectivity index (χ0n) is 26.8. The van der Waals surface area contributed by atoms with Crippen LogP contribution in [0.25, 0.3) is 16.9 Å². The lowest BCUT2D eigenvalue weighted by Gasteiger charge is -2.52. The van der Waals surface area contributed by atoms with Crippen molar-refractivity contribution < 1.29 is 9.59 Å². The molecule has 1 aliphatic rings. The van der Waals surface area contributed by atoms with Crippen LogP contribution in [0.1, 0.15) is 49.4 Å². The van der Waals surface area contributed by atoms with Gasteiger partial charge in [-0.25, -0.2) is 9.67 Å². The van der Waals surface area contributed by atoms with Gasteiger partial charge in [0.2, 0.25) is 11.8 Å². The molecule has 3 aromatic carbocycles. The number of amides is 2. The van der Waals surface area contributed by atoms with E-state index >= 15 is 0 Å². The number of pyridine rings is 1. The molecule has 10 heteroatoms. The number of halogens is 2. The van der Waals surface area contributed by atoms with E-state index in [-0.39, 0.29) is 23.2 Å². The van der Waals surface area contributed by atoms with Crippen LogP contribution in [-0.4, -0.2) is 32.6 Å². The van der Waals surface area contributed by atoms with Crippen molar-refractivity contribution in [1.82, 2.24) is 20.1 Å². The lowest BCUT2D eigenvalue weighted by Crippen LogP contribution is -2.49. The van der Waals surface area contributed by atoms with Crippen molar-refractivity contribution in [2.24, 2.45) is 17.1 Å². The highest BCUT2D eigenvalue weighted by atomic mass is 35.5. The first-order chi connectivity index (χ1) is 23.1. The smallest absolute Gasteiger partial charge is 0.240 e. The van der Waals surface area contributed by atoms with Gasteiger partial charge in [-0.1, -0.05) is 97.7 Å². The monoisotopic (exact) mass is 697 g/mol.